The highest BCUT2D eigenvalue weighted by Gasteiger charge is 2.37. The molecule has 2 aliphatic rings. The Balaban J connectivity index is 1.45. The van der Waals surface area contributed by atoms with Crippen LogP contribution in [0.5, 0.6) is 0 Å². The van der Waals surface area contributed by atoms with E-state index in [-0.39, 0.29) is 29.7 Å². The Labute approximate surface area is 164 Å². The van der Waals surface area contributed by atoms with Crippen LogP contribution in [0.4, 0.5) is 0 Å². The maximum Gasteiger partial charge on any atom is 0.270 e. The van der Waals surface area contributed by atoms with Gasteiger partial charge in [0.05, 0.1) is 17.5 Å². The van der Waals surface area contributed by atoms with Gasteiger partial charge in [-0.2, -0.15) is 5.26 Å². The molecular formula is C22H24N4O2. The predicted octanol–water partition coefficient (Wildman–Crippen LogP) is 2.94. The summed E-state index contributed by atoms with van der Waals surface area (Å²) in [5.41, 5.74) is 1.13. The van der Waals surface area contributed by atoms with Crippen molar-refractivity contribution in [3.8, 4) is 6.07 Å². The second-order valence-corrected chi connectivity index (χ2v) is 7.81. The number of nitriles is 1. The number of para-hydroxylation sites is 1. The molecule has 28 heavy (non-hydrogen) atoms. The van der Waals surface area contributed by atoms with Gasteiger partial charge in [0, 0.05) is 11.4 Å². The fourth-order valence-electron chi connectivity index (χ4n) is 4.00. The van der Waals surface area contributed by atoms with Crippen molar-refractivity contribution in [2.45, 2.75) is 50.6 Å². The molecule has 0 aliphatic heterocycles. The van der Waals surface area contributed by atoms with Gasteiger partial charge in [0.1, 0.15) is 11.7 Å². The van der Waals surface area contributed by atoms with E-state index in [0.717, 1.165) is 49.4 Å². The van der Waals surface area contributed by atoms with E-state index < -0.39 is 6.04 Å². The topological polar surface area (TPSA) is 94.9 Å². The molecular weight excluding hydrogens is 352 g/mol. The smallest absolute Gasteiger partial charge is 0.270 e. The average molecular weight is 376 g/mol. The standard InChI is InChI=1S/C22H24N4O2/c23-13-20(15-9-10-15)26-21(27)16-6-2-4-8-18(16)25-22(28)19-12-11-14-5-1-3-7-17(14)24-19/h1,3,5,7,11-12,15-16,18,20H,2,4,6,8-10H2,(H,25,28)(H,26,27)/t16-,18?,20-/m1/s1. The number of carbonyl (C=O) groups is 2. The molecule has 2 aliphatic carbocycles. The number of rotatable bonds is 5. The van der Waals surface area contributed by atoms with Crippen LogP contribution in [-0.2, 0) is 4.79 Å². The molecule has 4 rings (SSSR count). The number of hydrogen-bond acceptors (Lipinski definition) is 4. The van der Waals surface area contributed by atoms with Crippen LogP contribution in [0.1, 0.15) is 49.0 Å². The van der Waals surface area contributed by atoms with Crippen LogP contribution in [0.2, 0.25) is 0 Å². The summed E-state index contributed by atoms with van der Waals surface area (Å²) in [7, 11) is 0. The first-order valence-electron chi connectivity index (χ1n) is 10.0. The van der Waals surface area contributed by atoms with Crippen molar-refractivity contribution in [2.24, 2.45) is 11.8 Å². The van der Waals surface area contributed by atoms with E-state index in [1.807, 2.05) is 30.3 Å². The summed E-state index contributed by atoms with van der Waals surface area (Å²) in [4.78, 5) is 30.0. The number of hydrogen-bond donors (Lipinski definition) is 2. The van der Waals surface area contributed by atoms with Gasteiger partial charge in [-0.05, 0) is 43.7 Å². The third-order valence-corrected chi connectivity index (χ3v) is 5.78. The van der Waals surface area contributed by atoms with Crippen molar-refractivity contribution < 1.29 is 9.59 Å². The monoisotopic (exact) mass is 376 g/mol. The first-order valence-corrected chi connectivity index (χ1v) is 10.0. The van der Waals surface area contributed by atoms with Gasteiger partial charge >= 0.3 is 0 Å². The van der Waals surface area contributed by atoms with E-state index in [4.69, 9.17) is 0 Å². The minimum Gasteiger partial charge on any atom is -0.347 e. The number of benzene rings is 1. The van der Waals surface area contributed by atoms with E-state index >= 15 is 0 Å². The van der Waals surface area contributed by atoms with Gasteiger partial charge in [-0.1, -0.05) is 37.1 Å². The van der Waals surface area contributed by atoms with E-state index in [2.05, 4.69) is 21.7 Å². The van der Waals surface area contributed by atoms with Crippen molar-refractivity contribution in [3.05, 3.63) is 42.1 Å². The molecule has 6 nitrogen and oxygen atoms in total. The highest BCUT2D eigenvalue weighted by atomic mass is 16.2. The predicted molar refractivity (Wildman–Crippen MR) is 105 cm³/mol. The normalized spacial score (nSPS) is 22.8. The average Bonchev–Trinajstić information content (AvgIpc) is 3.57. The zero-order chi connectivity index (χ0) is 19.5. The van der Waals surface area contributed by atoms with Gasteiger partial charge in [-0.25, -0.2) is 4.98 Å². The van der Waals surface area contributed by atoms with Gasteiger partial charge in [-0.15, -0.1) is 0 Å². The second-order valence-electron chi connectivity index (χ2n) is 7.81. The SMILES string of the molecule is N#C[C@@H](NC(=O)[C@@H]1CCCCC1NC(=O)c1ccc2ccccc2n1)C1CC1. The molecule has 144 valence electrons. The van der Waals surface area contributed by atoms with Crippen LogP contribution in [0.25, 0.3) is 10.9 Å². The molecule has 2 N–H and O–H groups in total. The number of aromatic nitrogens is 1. The van der Waals surface area contributed by atoms with Crippen molar-refractivity contribution in [2.75, 3.05) is 0 Å². The minimum absolute atomic E-state index is 0.116. The maximum atomic E-state index is 12.8. The minimum atomic E-state index is -0.409. The lowest BCUT2D eigenvalue weighted by Gasteiger charge is -2.31. The van der Waals surface area contributed by atoms with E-state index in [1.54, 1.807) is 6.07 Å². The van der Waals surface area contributed by atoms with Crippen LogP contribution in [-0.4, -0.2) is 28.9 Å². The largest absolute Gasteiger partial charge is 0.347 e. The summed E-state index contributed by atoms with van der Waals surface area (Å²) in [5, 5.41) is 16.2. The quantitative estimate of drug-likeness (QED) is 0.839. The summed E-state index contributed by atoms with van der Waals surface area (Å²) < 4.78 is 0. The molecule has 1 heterocycles. The second kappa shape index (κ2) is 7.97. The zero-order valence-electron chi connectivity index (χ0n) is 15.7. The summed E-state index contributed by atoms with van der Waals surface area (Å²) in [6.45, 7) is 0. The molecule has 1 unspecified atom stereocenters. The lowest BCUT2D eigenvalue weighted by Crippen LogP contribution is -2.50. The molecule has 6 heteroatoms. The fraction of sp³-hybridized carbons (Fsp3) is 0.455. The Morgan fingerprint density at radius 2 is 1.86 bits per heavy atom. The van der Waals surface area contributed by atoms with Gasteiger partial charge in [-0.3, -0.25) is 9.59 Å². The van der Waals surface area contributed by atoms with Gasteiger partial charge in [0.15, 0.2) is 0 Å². The Morgan fingerprint density at radius 3 is 2.64 bits per heavy atom. The van der Waals surface area contributed by atoms with Crippen LogP contribution in [0, 0.1) is 23.2 Å². The summed E-state index contributed by atoms with van der Waals surface area (Å²) >= 11 is 0. The molecule has 2 amide bonds. The highest BCUT2D eigenvalue weighted by molar-refractivity contribution is 5.95. The van der Waals surface area contributed by atoms with Crippen LogP contribution in [0.15, 0.2) is 36.4 Å². The van der Waals surface area contributed by atoms with Crippen molar-refractivity contribution in [1.29, 1.82) is 5.26 Å². The number of amides is 2. The molecule has 3 atom stereocenters. The number of fused-ring (bicyclic) bond motifs is 1. The molecule has 1 aromatic heterocycles. The molecule has 0 spiro atoms. The number of nitrogens with one attached hydrogen (secondary N) is 2. The lowest BCUT2D eigenvalue weighted by atomic mass is 9.83. The first kappa shape index (κ1) is 18.4. The van der Waals surface area contributed by atoms with Gasteiger partial charge in [0.25, 0.3) is 5.91 Å². The fourth-order valence-corrected chi connectivity index (χ4v) is 4.00. The molecule has 2 aromatic rings. The highest BCUT2D eigenvalue weighted by Crippen LogP contribution is 2.33. The Hall–Kier alpha value is -2.94. The summed E-state index contributed by atoms with van der Waals surface area (Å²) in [6, 6.07) is 12.8. The zero-order valence-corrected chi connectivity index (χ0v) is 15.7. The Bertz CT molecular complexity index is 932. The molecule has 0 bridgehead atoms. The first-order chi connectivity index (χ1) is 13.7. The Morgan fingerprint density at radius 1 is 1.07 bits per heavy atom. The third-order valence-electron chi connectivity index (χ3n) is 5.78. The number of carbonyl (C=O) groups excluding carboxylic acids is 2. The van der Waals surface area contributed by atoms with Crippen LogP contribution < -0.4 is 10.6 Å². The molecule has 1 aromatic carbocycles. The summed E-state index contributed by atoms with van der Waals surface area (Å²) in [5.74, 6) is -0.385. The van der Waals surface area contributed by atoms with Crippen LogP contribution >= 0.6 is 0 Å². The lowest BCUT2D eigenvalue weighted by molar-refractivity contribution is -0.127. The van der Waals surface area contributed by atoms with E-state index in [9.17, 15) is 14.9 Å². The Kier molecular flexibility index (Phi) is 5.25. The summed E-state index contributed by atoms with van der Waals surface area (Å²) in [6.07, 6.45) is 5.42. The van der Waals surface area contributed by atoms with Crippen molar-refractivity contribution >= 4 is 22.7 Å². The third kappa shape index (κ3) is 3.99. The van der Waals surface area contributed by atoms with Crippen molar-refractivity contribution in [1.82, 2.24) is 15.6 Å². The maximum absolute atomic E-state index is 12.8. The number of pyridine rings is 1. The van der Waals surface area contributed by atoms with Crippen molar-refractivity contribution in [3.63, 3.8) is 0 Å². The molecule has 2 fully saturated rings. The van der Waals surface area contributed by atoms with Gasteiger partial charge in [0.2, 0.25) is 5.91 Å². The number of nitrogens with zero attached hydrogens (tertiary/aromatic N) is 2. The van der Waals surface area contributed by atoms with Gasteiger partial charge < -0.3 is 10.6 Å². The van der Waals surface area contributed by atoms with Crippen LogP contribution in [0.3, 0.4) is 0 Å². The molecule has 0 radical (unpaired) electrons. The molecule has 0 saturated heterocycles. The molecule has 2 saturated carbocycles. The van der Waals surface area contributed by atoms with E-state index in [0.29, 0.717) is 5.69 Å². The van der Waals surface area contributed by atoms with E-state index in [1.165, 1.54) is 0 Å².